The Hall–Kier alpha value is 1.51. The van der Waals surface area contributed by atoms with Crippen molar-refractivity contribution in [1.29, 1.82) is 0 Å². The molecule has 2 atom stereocenters. The molecular formula is C23H47KO4S. The maximum atomic E-state index is 11.5. The van der Waals surface area contributed by atoms with E-state index in [1.54, 1.807) is 0 Å². The second kappa shape index (κ2) is 22.7. The van der Waals surface area contributed by atoms with E-state index in [9.17, 15) is 18.1 Å². The van der Waals surface area contributed by atoms with Crippen LogP contribution in [-0.2, 0) is 10.1 Å². The molecule has 4 nitrogen and oxygen atoms in total. The van der Waals surface area contributed by atoms with Crippen molar-refractivity contribution in [2.45, 2.75) is 147 Å². The van der Waals surface area contributed by atoms with Crippen LogP contribution in [0.1, 0.15) is 136 Å². The van der Waals surface area contributed by atoms with Crippen molar-refractivity contribution < 1.29 is 69.5 Å². The Morgan fingerprint density at radius 2 is 1.00 bits per heavy atom. The smallest absolute Gasteiger partial charge is 0.748 e. The predicted octanol–water partition coefficient (Wildman–Crippen LogP) is 3.72. The molecule has 1 N–H and O–H groups in total. The summed E-state index contributed by atoms with van der Waals surface area (Å²) in [6.45, 7) is 4.33. The van der Waals surface area contributed by atoms with Gasteiger partial charge in [-0.05, 0) is 32.1 Å². The van der Waals surface area contributed by atoms with Gasteiger partial charge in [-0.3, -0.25) is 0 Å². The fraction of sp³-hybridized carbons (Fsp3) is 1.00. The Balaban J connectivity index is 0. The Labute approximate surface area is 224 Å². The third-order valence-electron chi connectivity index (χ3n) is 5.74. The SMILES string of the molecule is CCCCCCCCCCCCCCC(CCCC(O)CCCC)S(=O)(=O)[O-].[K+]. The van der Waals surface area contributed by atoms with Crippen LogP contribution < -0.4 is 51.4 Å². The summed E-state index contributed by atoms with van der Waals surface area (Å²) in [6, 6.07) is 0. The molecule has 0 aromatic heterocycles. The van der Waals surface area contributed by atoms with E-state index in [0.29, 0.717) is 25.7 Å². The number of rotatable bonds is 21. The zero-order valence-electron chi connectivity index (χ0n) is 19.7. The molecule has 170 valence electrons. The van der Waals surface area contributed by atoms with Crippen molar-refractivity contribution in [2.24, 2.45) is 0 Å². The Morgan fingerprint density at radius 1 is 0.621 bits per heavy atom. The monoisotopic (exact) mass is 458 g/mol. The van der Waals surface area contributed by atoms with Crippen LogP contribution in [-0.4, -0.2) is 29.4 Å². The van der Waals surface area contributed by atoms with Crippen molar-refractivity contribution >= 4 is 10.1 Å². The number of hydrogen-bond acceptors (Lipinski definition) is 4. The molecule has 0 saturated heterocycles. The van der Waals surface area contributed by atoms with Crippen molar-refractivity contribution in [3.05, 3.63) is 0 Å². The summed E-state index contributed by atoms with van der Waals surface area (Å²) in [6.07, 6.45) is 19.4. The minimum atomic E-state index is -4.23. The first-order valence-electron chi connectivity index (χ1n) is 12.0. The second-order valence-electron chi connectivity index (χ2n) is 8.52. The van der Waals surface area contributed by atoms with Gasteiger partial charge >= 0.3 is 51.4 Å². The van der Waals surface area contributed by atoms with Crippen molar-refractivity contribution in [3.8, 4) is 0 Å². The van der Waals surface area contributed by atoms with Gasteiger partial charge in [-0.2, -0.15) is 0 Å². The molecule has 0 amide bonds. The maximum Gasteiger partial charge on any atom is 1.00 e. The van der Waals surface area contributed by atoms with E-state index in [2.05, 4.69) is 13.8 Å². The summed E-state index contributed by atoms with van der Waals surface area (Å²) in [7, 11) is -4.23. The van der Waals surface area contributed by atoms with Gasteiger partial charge in [0.25, 0.3) is 0 Å². The van der Waals surface area contributed by atoms with Crippen LogP contribution in [0.2, 0.25) is 0 Å². The Morgan fingerprint density at radius 3 is 1.45 bits per heavy atom. The fourth-order valence-corrected chi connectivity index (χ4v) is 4.72. The quantitative estimate of drug-likeness (QED) is 0.162. The standard InChI is InChI=1S/C23H48O4S.K/c1-3-5-7-8-9-10-11-12-13-14-15-16-20-23(28(25,26)27)21-17-19-22(24)18-6-4-2;/h22-24H,3-21H2,1-2H3,(H,25,26,27);/q;+1/p-1. The number of aliphatic hydroxyl groups excluding tert-OH is 1. The first kappa shape index (κ1) is 32.7. The van der Waals surface area contributed by atoms with Gasteiger partial charge in [0.15, 0.2) is 0 Å². The molecule has 0 rings (SSSR count). The molecule has 0 spiro atoms. The normalized spacial score (nSPS) is 13.8. The molecule has 0 aliphatic rings. The molecule has 29 heavy (non-hydrogen) atoms. The van der Waals surface area contributed by atoms with Crippen molar-refractivity contribution in [1.82, 2.24) is 0 Å². The average molecular weight is 459 g/mol. The van der Waals surface area contributed by atoms with Crippen LogP contribution in [0, 0.1) is 0 Å². The zero-order chi connectivity index (χ0) is 21.1. The van der Waals surface area contributed by atoms with E-state index in [1.807, 2.05) is 0 Å². The van der Waals surface area contributed by atoms with Crippen molar-refractivity contribution in [2.75, 3.05) is 0 Å². The predicted molar refractivity (Wildman–Crippen MR) is 119 cm³/mol. The minimum Gasteiger partial charge on any atom is -0.748 e. The summed E-state index contributed by atoms with van der Waals surface area (Å²) >= 11 is 0. The van der Waals surface area contributed by atoms with Crippen LogP contribution in [0.4, 0.5) is 0 Å². The molecule has 0 aliphatic heterocycles. The van der Waals surface area contributed by atoms with Crippen LogP contribution >= 0.6 is 0 Å². The van der Waals surface area contributed by atoms with Gasteiger partial charge in [-0.25, -0.2) is 8.42 Å². The van der Waals surface area contributed by atoms with E-state index in [4.69, 9.17) is 0 Å². The van der Waals surface area contributed by atoms with Crippen molar-refractivity contribution in [3.63, 3.8) is 0 Å². The maximum absolute atomic E-state index is 11.5. The Bertz CT molecular complexity index is 429. The molecule has 0 aliphatic carbocycles. The largest absolute Gasteiger partial charge is 1.00 e. The summed E-state index contributed by atoms with van der Waals surface area (Å²) in [5.74, 6) is 0. The average Bonchev–Trinajstić information content (AvgIpc) is 2.64. The third kappa shape index (κ3) is 22.5. The van der Waals surface area contributed by atoms with E-state index in [0.717, 1.165) is 38.5 Å². The Kier molecular flexibility index (Phi) is 25.6. The number of unbranched alkanes of at least 4 members (excludes halogenated alkanes) is 12. The van der Waals surface area contributed by atoms with Crippen LogP contribution in [0.15, 0.2) is 0 Å². The molecular weight excluding hydrogens is 411 g/mol. The van der Waals surface area contributed by atoms with Gasteiger partial charge in [0.05, 0.1) is 16.2 Å². The van der Waals surface area contributed by atoms with Crippen LogP contribution in [0.25, 0.3) is 0 Å². The molecule has 0 heterocycles. The molecule has 0 saturated carbocycles. The van der Waals surface area contributed by atoms with Gasteiger partial charge in [0.1, 0.15) is 0 Å². The molecule has 0 bridgehead atoms. The molecule has 0 aromatic rings. The summed E-state index contributed by atoms with van der Waals surface area (Å²) < 4.78 is 34.5. The van der Waals surface area contributed by atoms with E-state index in [-0.39, 0.29) is 57.5 Å². The van der Waals surface area contributed by atoms with E-state index < -0.39 is 15.4 Å². The van der Waals surface area contributed by atoms with Gasteiger partial charge in [0, 0.05) is 5.25 Å². The fourth-order valence-electron chi connectivity index (χ4n) is 3.81. The first-order valence-corrected chi connectivity index (χ1v) is 13.5. The molecule has 0 radical (unpaired) electrons. The zero-order valence-corrected chi connectivity index (χ0v) is 23.6. The van der Waals surface area contributed by atoms with Crippen LogP contribution in [0.5, 0.6) is 0 Å². The van der Waals surface area contributed by atoms with Gasteiger partial charge < -0.3 is 9.66 Å². The van der Waals surface area contributed by atoms with Gasteiger partial charge in [-0.15, -0.1) is 0 Å². The molecule has 0 aromatic carbocycles. The second-order valence-corrected chi connectivity index (χ2v) is 10.2. The number of hydrogen-bond donors (Lipinski definition) is 1. The first-order chi connectivity index (χ1) is 13.4. The minimum absolute atomic E-state index is 0. The third-order valence-corrected chi connectivity index (χ3v) is 7.03. The molecule has 2 unspecified atom stereocenters. The number of aliphatic hydroxyl groups is 1. The van der Waals surface area contributed by atoms with E-state index >= 15 is 0 Å². The van der Waals surface area contributed by atoms with Crippen LogP contribution in [0.3, 0.4) is 0 Å². The topological polar surface area (TPSA) is 77.4 Å². The van der Waals surface area contributed by atoms with Gasteiger partial charge in [0.2, 0.25) is 0 Å². The summed E-state index contributed by atoms with van der Waals surface area (Å²) in [5, 5.41) is 9.09. The van der Waals surface area contributed by atoms with Gasteiger partial charge in [-0.1, -0.05) is 104 Å². The molecule has 6 heteroatoms. The summed E-state index contributed by atoms with van der Waals surface area (Å²) in [4.78, 5) is 0. The molecule has 0 fully saturated rings. The summed E-state index contributed by atoms with van der Waals surface area (Å²) in [5.41, 5.74) is 0. The van der Waals surface area contributed by atoms with E-state index in [1.165, 1.54) is 57.8 Å².